The minimum Gasteiger partial charge on any atom is -0.504 e. The van der Waals surface area contributed by atoms with Gasteiger partial charge in [0.15, 0.2) is 0 Å². The molecule has 0 unspecified atom stereocenters. The number of ether oxygens (including phenoxy) is 1. The van der Waals surface area contributed by atoms with Gasteiger partial charge in [-0.05, 0) is 0 Å². The van der Waals surface area contributed by atoms with E-state index < -0.39 is 0 Å². The zero-order valence-corrected chi connectivity index (χ0v) is 9.23. The van der Waals surface area contributed by atoms with Crippen molar-refractivity contribution >= 4 is 46.2 Å². The van der Waals surface area contributed by atoms with Crippen molar-refractivity contribution in [3.05, 3.63) is 0 Å². The summed E-state index contributed by atoms with van der Waals surface area (Å²) in [6.45, 7) is 1.48. The van der Waals surface area contributed by atoms with E-state index in [1.807, 2.05) is 0 Å². The third-order valence-electron chi connectivity index (χ3n) is 0.492. The predicted octanol–water partition coefficient (Wildman–Crippen LogP) is -1.18. The van der Waals surface area contributed by atoms with Crippen LogP contribution in [0.1, 0.15) is 0 Å². The van der Waals surface area contributed by atoms with Crippen molar-refractivity contribution in [1.29, 1.82) is 0 Å². The van der Waals surface area contributed by atoms with Crippen molar-refractivity contribution in [1.82, 2.24) is 0 Å². The Bertz CT molecular complexity index is 24.9. The van der Waals surface area contributed by atoms with E-state index in [1.54, 1.807) is 7.11 Å². The van der Waals surface area contributed by atoms with Crippen LogP contribution in [0, 0.1) is 0 Å². The molecule has 0 atom stereocenters. The van der Waals surface area contributed by atoms with Crippen LogP contribution in [-0.4, -0.2) is 66.5 Å². The van der Waals surface area contributed by atoms with Crippen LogP contribution in [0.25, 0.3) is 0 Å². The van der Waals surface area contributed by atoms with Crippen LogP contribution in [0.15, 0.2) is 0 Å². The number of hydrogen-bond acceptors (Lipinski definition) is 2. The molecule has 0 aliphatic carbocycles. The summed E-state index contributed by atoms with van der Waals surface area (Å²) in [5, 5.41) is 0. The summed E-state index contributed by atoms with van der Waals surface area (Å²) in [5.41, 5.74) is 0. The van der Waals surface area contributed by atoms with Crippen LogP contribution in [-0.2, 0) is 8.53 Å². The summed E-state index contributed by atoms with van der Waals surface area (Å²) >= 11 is 0.823. The van der Waals surface area contributed by atoms with Crippen LogP contribution in [0.4, 0.5) is 0 Å². The Labute approximate surface area is 74.6 Å². The van der Waals surface area contributed by atoms with E-state index in [4.69, 9.17) is 3.79 Å². The fraction of sp³-hybridized carbons (Fsp3) is 1.00. The van der Waals surface area contributed by atoms with Gasteiger partial charge in [-0.1, -0.05) is 0 Å². The van der Waals surface area contributed by atoms with Crippen molar-refractivity contribution < 1.29 is 8.53 Å². The molecule has 4 heteroatoms. The molecule has 0 saturated carbocycles. The Morgan fingerprint density at radius 2 is 2.00 bits per heavy atom. The average Bonchev–Trinajstić information content (AvgIpc) is 1.61. The molecular formula is C3H9AlNaO2. The molecule has 7 heavy (non-hydrogen) atoms. The largest absolute Gasteiger partial charge is 0.504 e. The fourth-order valence-corrected chi connectivity index (χ4v) is 0.333. The molecule has 0 spiro atoms. The van der Waals surface area contributed by atoms with Crippen molar-refractivity contribution in [2.24, 2.45) is 0 Å². The van der Waals surface area contributed by atoms with Crippen LogP contribution in [0.2, 0.25) is 0 Å². The zero-order chi connectivity index (χ0) is 4.83. The molecule has 0 heterocycles. The van der Waals surface area contributed by atoms with E-state index in [9.17, 15) is 0 Å². The second kappa shape index (κ2) is 10.4. The van der Waals surface area contributed by atoms with Gasteiger partial charge in [0.2, 0.25) is 0 Å². The van der Waals surface area contributed by atoms with Gasteiger partial charge in [0.1, 0.15) is 0 Å². The molecule has 0 bridgehead atoms. The second-order valence-electron chi connectivity index (χ2n) is 0.986. The smallest absolute Gasteiger partial charge is 0.410 e. The second-order valence-corrected chi connectivity index (χ2v) is 1.56. The molecule has 0 aliphatic heterocycles. The van der Waals surface area contributed by atoms with Gasteiger partial charge in [0.25, 0.3) is 0 Å². The van der Waals surface area contributed by atoms with Crippen LogP contribution < -0.4 is 0 Å². The molecule has 37 valence electrons. The van der Waals surface area contributed by atoms with Gasteiger partial charge in [0.05, 0.1) is 6.61 Å². The summed E-state index contributed by atoms with van der Waals surface area (Å²) in [6, 6.07) is 0. The molecule has 1 radical (unpaired) electrons. The fourth-order valence-electron chi connectivity index (χ4n) is 0.167. The molecule has 0 fully saturated rings. The van der Waals surface area contributed by atoms with Gasteiger partial charge >= 0.3 is 16.6 Å². The van der Waals surface area contributed by atoms with Crippen molar-refractivity contribution in [2.45, 2.75) is 0 Å². The third-order valence-corrected chi connectivity index (χ3v) is 0.900. The zero-order valence-electron chi connectivity index (χ0n) is 5.23. The predicted molar refractivity (Wildman–Crippen MR) is 32.1 cm³/mol. The van der Waals surface area contributed by atoms with Crippen LogP contribution >= 0.6 is 0 Å². The maximum atomic E-state index is 4.80. The molecule has 0 saturated heterocycles. The normalized spacial score (nSPS) is 7.57. The number of methoxy groups -OCH3 is 1. The Hall–Kier alpha value is 1.45. The molecule has 0 rings (SSSR count). The molecule has 2 nitrogen and oxygen atoms in total. The first kappa shape index (κ1) is 11.3. The summed E-state index contributed by atoms with van der Waals surface area (Å²) in [4.78, 5) is 0. The van der Waals surface area contributed by atoms with Crippen molar-refractivity contribution in [3.8, 4) is 0 Å². The quantitative estimate of drug-likeness (QED) is 0.351. The number of hydrogen-bond donors (Lipinski definition) is 0. The topological polar surface area (TPSA) is 18.5 Å². The maximum Gasteiger partial charge on any atom is 0.410 e. The van der Waals surface area contributed by atoms with Gasteiger partial charge in [-0.2, -0.15) is 0 Å². The average molecular weight is 127 g/mol. The standard InChI is InChI=1S/C3H7O2.Al.Na.2H/c1-5-3-2-4;;;;/h2-3H2,1H3;;;;/q-1;+1;;;. The van der Waals surface area contributed by atoms with E-state index in [2.05, 4.69) is 4.74 Å². The molecule has 0 aliphatic rings. The Kier molecular flexibility index (Phi) is 16.8. The first-order valence-corrected chi connectivity index (χ1v) is 2.71. The van der Waals surface area contributed by atoms with Gasteiger partial charge in [-0.15, -0.1) is 0 Å². The molecule has 0 aromatic rings. The first-order valence-electron chi connectivity index (χ1n) is 1.89. The van der Waals surface area contributed by atoms with Crippen LogP contribution in [0.5, 0.6) is 0 Å². The summed E-state index contributed by atoms with van der Waals surface area (Å²) in [6.07, 6.45) is 0. The van der Waals surface area contributed by atoms with Crippen molar-refractivity contribution in [3.63, 3.8) is 0 Å². The molecule has 0 N–H and O–H groups in total. The van der Waals surface area contributed by atoms with Crippen molar-refractivity contribution in [2.75, 3.05) is 20.3 Å². The summed E-state index contributed by atoms with van der Waals surface area (Å²) < 4.78 is 9.48. The van der Waals surface area contributed by atoms with Gasteiger partial charge < -0.3 is 8.53 Å². The van der Waals surface area contributed by atoms with E-state index >= 15 is 0 Å². The molecule has 0 amide bonds. The third kappa shape index (κ3) is 11.2. The minimum atomic E-state index is 0. The van der Waals surface area contributed by atoms with Gasteiger partial charge in [-0.3, -0.25) is 0 Å². The Morgan fingerprint density at radius 3 is 2.14 bits per heavy atom. The van der Waals surface area contributed by atoms with Gasteiger partial charge in [0, 0.05) is 43.3 Å². The first-order chi connectivity index (χ1) is 2.91. The maximum absolute atomic E-state index is 4.80. The van der Waals surface area contributed by atoms with E-state index in [-0.39, 0.29) is 29.6 Å². The SMILES string of the molecule is COCC[O][AlH2].[Na]. The molecular weight excluding hydrogens is 118 g/mol. The Morgan fingerprint density at radius 1 is 1.43 bits per heavy atom. The Balaban J connectivity index is 0. The molecule has 0 aromatic heterocycles. The van der Waals surface area contributed by atoms with E-state index in [0.29, 0.717) is 0 Å². The van der Waals surface area contributed by atoms with E-state index in [1.165, 1.54) is 0 Å². The number of rotatable bonds is 3. The minimum absolute atomic E-state index is 0. The van der Waals surface area contributed by atoms with Crippen LogP contribution in [0.3, 0.4) is 0 Å². The molecule has 0 aromatic carbocycles. The monoisotopic (exact) mass is 127 g/mol. The summed E-state index contributed by atoms with van der Waals surface area (Å²) in [5.74, 6) is 0. The summed E-state index contributed by atoms with van der Waals surface area (Å²) in [7, 11) is 1.67. The van der Waals surface area contributed by atoms with E-state index in [0.717, 1.165) is 29.8 Å². The van der Waals surface area contributed by atoms with Gasteiger partial charge in [-0.25, -0.2) is 0 Å².